The minimum absolute atomic E-state index is 0.0254. The van der Waals surface area contributed by atoms with Gasteiger partial charge in [-0.25, -0.2) is 0 Å². The van der Waals surface area contributed by atoms with E-state index in [0.29, 0.717) is 17.9 Å². The molecule has 3 aliphatic carbocycles. The molecule has 9 nitrogen and oxygen atoms in total. The first-order valence-corrected chi connectivity index (χ1v) is 12.9. The number of rotatable bonds is 4. The maximum absolute atomic E-state index is 13.9. The number of aliphatic hydroxyl groups is 3. The van der Waals surface area contributed by atoms with E-state index < -0.39 is 52.3 Å². The topological polar surface area (TPSA) is 144 Å². The van der Waals surface area contributed by atoms with Crippen molar-refractivity contribution < 1.29 is 29.7 Å². The van der Waals surface area contributed by atoms with Crippen LogP contribution in [0.1, 0.15) is 42.9 Å². The number of carbonyl (C=O) groups is 3. The van der Waals surface area contributed by atoms with Gasteiger partial charge in [0.05, 0.1) is 6.04 Å². The molecule has 0 radical (unpaired) electrons. The Balaban J connectivity index is 1.59. The molecule has 1 saturated carbocycles. The largest absolute Gasteiger partial charge is 0.508 e. The summed E-state index contributed by atoms with van der Waals surface area (Å²) in [6.07, 6.45) is 2.92. The average Bonchev–Trinajstić information content (AvgIpc) is 2.83. The summed E-state index contributed by atoms with van der Waals surface area (Å²) in [5.41, 5.74) is 4.70. The van der Waals surface area contributed by atoms with E-state index in [1.54, 1.807) is 20.2 Å². The number of hydrogen-bond donors (Lipinski definition) is 4. The number of likely N-dealkylation sites (N-methyl/N-ethyl adjacent to an activating group) is 1. The van der Waals surface area contributed by atoms with E-state index in [1.807, 2.05) is 6.07 Å². The van der Waals surface area contributed by atoms with Gasteiger partial charge in [0.25, 0.3) is 5.91 Å². The Morgan fingerprint density at radius 3 is 2.49 bits per heavy atom. The minimum atomic E-state index is -2.54. The summed E-state index contributed by atoms with van der Waals surface area (Å²) in [7, 11) is 3.23. The highest BCUT2D eigenvalue weighted by Crippen LogP contribution is 2.52. The molecule has 1 heterocycles. The van der Waals surface area contributed by atoms with Crippen LogP contribution in [0.3, 0.4) is 0 Å². The fourth-order valence-electron chi connectivity index (χ4n) is 6.85. The number of primary amides is 1. The highest BCUT2D eigenvalue weighted by molar-refractivity contribution is 6.24. The zero-order chi connectivity index (χ0) is 26.8. The van der Waals surface area contributed by atoms with Crippen molar-refractivity contribution in [2.45, 2.75) is 50.8 Å². The van der Waals surface area contributed by atoms with E-state index in [4.69, 9.17) is 5.73 Å². The SMILES string of the molecule is CC1CCN(Cc2cccc3c2C[C@H]2C[C@H]4[C@H](N(C)C)C(=O)C(C(N)=O)=C(O)[C@@]4(O)C(=O)C2=C3O)CC1. The zero-order valence-corrected chi connectivity index (χ0v) is 21.5. The lowest BCUT2D eigenvalue weighted by Crippen LogP contribution is -2.65. The summed E-state index contributed by atoms with van der Waals surface area (Å²) < 4.78 is 0. The molecule has 37 heavy (non-hydrogen) atoms. The molecule has 2 fully saturated rings. The second kappa shape index (κ2) is 9.08. The van der Waals surface area contributed by atoms with Gasteiger partial charge in [-0.1, -0.05) is 25.1 Å². The summed E-state index contributed by atoms with van der Waals surface area (Å²) >= 11 is 0. The lowest BCUT2D eigenvalue weighted by atomic mass is 9.57. The maximum atomic E-state index is 13.9. The van der Waals surface area contributed by atoms with Crippen molar-refractivity contribution in [3.05, 3.63) is 51.8 Å². The number of nitrogens with zero attached hydrogens (tertiary/aromatic N) is 2. The third-order valence-corrected chi connectivity index (χ3v) is 8.87. The summed E-state index contributed by atoms with van der Waals surface area (Å²) in [5, 5.41) is 33.9. The first kappa shape index (κ1) is 25.6. The van der Waals surface area contributed by atoms with E-state index in [9.17, 15) is 29.7 Å². The van der Waals surface area contributed by atoms with Gasteiger partial charge in [-0.2, -0.15) is 0 Å². The van der Waals surface area contributed by atoms with E-state index in [2.05, 4.69) is 17.9 Å². The van der Waals surface area contributed by atoms with Crippen molar-refractivity contribution in [1.29, 1.82) is 0 Å². The van der Waals surface area contributed by atoms with Crippen LogP contribution >= 0.6 is 0 Å². The lowest BCUT2D eigenvalue weighted by Gasteiger charge is -2.50. The molecular weight excluding hydrogens is 474 g/mol. The predicted octanol–water partition coefficient (Wildman–Crippen LogP) is 1.49. The Kier molecular flexibility index (Phi) is 6.29. The van der Waals surface area contributed by atoms with Gasteiger partial charge in [0, 0.05) is 23.6 Å². The van der Waals surface area contributed by atoms with Gasteiger partial charge in [0.15, 0.2) is 11.4 Å². The quantitative estimate of drug-likeness (QED) is 0.447. The number of benzene rings is 1. The number of hydrogen-bond acceptors (Lipinski definition) is 8. The van der Waals surface area contributed by atoms with Crippen LogP contribution in [0.15, 0.2) is 35.1 Å². The van der Waals surface area contributed by atoms with Gasteiger partial charge in [-0.3, -0.25) is 24.2 Å². The normalized spacial score (nSPS) is 30.9. The molecule has 5 rings (SSSR count). The predicted molar refractivity (Wildman–Crippen MR) is 136 cm³/mol. The fourth-order valence-corrected chi connectivity index (χ4v) is 6.85. The first-order valence-electron chi connectivity index (χ1n) is 12.9. The monoisotopic (exact) mass is 509 g/mol. The van der Waals surface area contributed by atoms with Crippen LogP contribution in [0.25, 0.3) is 5.76 Å². The van der Waals surface area contributed by atoms with Crippen LogP contribution < -0.4 is 5.73 Å². The second-order valence-corrected chi connectivity index (χ2v) is 11.4. The molecule has 9 heteroatoms. The fraction of sp³-hybridized carbons (Fsp3) is 0.536. The van der Waals surface area contributed by atoms with Crippen molar-refractivity contribution in [3.8, 4) is 0 Å². The Bertz CT molecular complexity index is 1240. The molecule has 0 spiro atoms. The van der Waals surface area contributed by atoms with E-state index in [0.717, 1.165) is 43.6 Å². The standard InChI is InChI=1S/C28H35N3O6/c1-14-7-9-31(10-8-14)13-15-5-4-6-17-18(15)11-16-12-19-22(30(2)3)24(33)21(27(29)36)26(35)28(19,37)25(34)20(16)23(17)32/h4-6,14,16,19,22,32,35,37H,7-13H2,1-3H3,(H2,29,36)/t16-,19-,22-,28-/m0/s1. The van der Waals surface area contributed by atoms with Crippen molar-refractivity contribution in [2.75, 3.05) is 27.2 Å². The zero-order valence-electron chi connectivity index (χ0n) is 21.5. The molecule has 1 saturated heterocycles. The Labute approximate surface area is 216 Å². The highest BCUT2D eigenvalue weighted by atomic mass is 16.3. The van der Waals surface area contributed by atoms with Crippen LogP contribution in [0.5, 0.6) is 0 Å². The average molecular weight is 510 g/mol. The van der Waals surface area contributed by atoms with Gasteiger partial charge < -0.3 is 21.1 Å². The van der Waals surface area contributed by atoms with Crippen molar-refractivity contribution >= 4 is 23.2 Å². The number of amides is 1. The van der Waals surface area contributed by atoms with Crippen LogP contribution in [-0.2, 0) is 27.3 Å². The molecule has 0 unspecified atom stereocenters. The molecule has 4 aliphatic rings. The smallest absolute Gasteiger partial charge is 0.255 e. The van der Waals surface area contributed by atoms with Crippen LogP contribution in [-0.4, -0.2) is 81.4 Å². The van der Waals surface area contributed by atoms with Gasteiger partial charge >= 0.3 is 0 Å². The van der Waals surface area contributed by atoms with Crippen LogP contribution in [0, 0.1) is 17.8 Å². The number of ketones is 2. The van der Waals surface area contributed by atoms with Crippen molar-refractivity contribution in [3.63, 3.8) is 0 Å². The van der Waals surface area contributed by atoms with Gasteiger partial charge in [0.2, 0.25) is 5.78 Å². The van der Waals surface area contributed by atoms with E-state index >= 15 is 0 Å². The third kappa shape index (κ3) is 3.83. The Morgan fingerprint density at radius 1 is 1.19 bits per heavy atom. The van der Waals surface area contributed by atoms with E-state index in [1.165, 1.54) is 4.90 Å². The highest BCUT2D eigenvalue weighted by Gasteiger charge is 2.64. The Morgan fingerprint density at radius 2 is 1.86 bits per heavy atom. The molecule has 4 atom stereocenters. The molecule has 1 aliphatic heterocycles. The van der Waals surface area contributed by atoms with Gasteiger partial charge in [-0.05, 0) is 75.8 Å². The summed E-state index contributed by atoms with van der Waals surface area (Å²) in [4.78, 5) is 43.1. The molecule has 1 aromatic rings. The molecule has 1 aromatic carbocycles. The van der Waals surface area contributed by atoms with Crippen LogP contribution in [0.4, 0.5) is 0 Å². The number of Topliss-reactive ketones (excluding diaryl/α,β-unsaturated/α-hetero) is 2. The van der Waals surface area contributed by atoms with Crippen molar-refractivity contribution in [1.82, 2.24) is 9.80 Å². The Hall–Kier alpha value is -3.01. The number of nitrogens with two attached hydrogens (primary N) is 1. The molecule has 198 valence electrons. The summed E-state index contributed by atoms with van der Waals surface area (Å²) in [5.74, 6) is -4.80. The second-order valence-electron chi connectivity index (χ2n) is 11.4. The molecule has 0 aromatic heterocycles. The van der Waals surface area contributed by atoms with Crippen LogP contribution in [0.2, 0.25) is 0 Å². The first-order chi connectivity index (χ1) is 17.5. The number of fused-ring (bicyclic) bond motifs is 3. The van der Waals surface area contributed by atoms with E-state index in [-0.39, 0.29) is 17.8 Å². The summed E-state index contributed by atoms with van der Waals surface area (Å²) in [6.45, 7) is 5.03. The van der Waals surface area contributed by atoms with Crippen molar-refractivity contribution in [2.24, 2.45) is 23.5 Å². The number of aliphatic hydroxyl groups excluding tert-OH is 2. The summed E-state index contributed by atoms with van der Waals surface area (Å²) in [6, 6.07) is 4.63. The van der Waals surface area contributed by atoms with Gasteiger partial charge in [0.1, 0.15) is 17.1 Å². The maximum Gasteiger partial charge on any atom is 0.255 e. The van der Waals surface area contributed by atoms with Gasteiger partial charge in [-0.15, -0.1) is 0 Å². The molecular formula is C28H35N3O6. The number of piperidine rings is 1. The molecule has 1 amide bonds. The third-order valence-electron chi connectivity index (χ3n) is 8.87. The molecule has 0 bridgehead atoms. The molecule has 5 N–H and O–H groups in total. The number of likely N-dealkylation sites (tertiary alicyclic amines) is 1. The number of carbonyl (C=O) groups excluding carboxylic acids is 3. The minimum Gasteiger partial charge on any atom is -0.508 e. The lowest BCUT2D eigenvalue weighted by molar-refractivity contribution is -0.153.